The van der Waals surface area contributed by atoms with Crippen molar-refractivity contribution in [1.82, 2.24) is 15.1 Å². The van der Waals surface area contributed by atoms with E-state index in [9.17, 15) is 4.79 Å². The van der Waals surface area contributed by atoms with E-state index >= 15 is 0 Å². The Morgan fingerprint density at radius 3 is 2.65 bits per heavy atom. The Hall–Kier alpha value is -1.68. The van der Waals surface area contributed by atoms with Crippen molar-refractivity contribution in [2.75, 3.05) is 6.54 Å². The lowest BCUT2D eigenvalue weighted by molar-refractivity contribution is -0.117. The topological polar surface area (TPSA) is 46.9 Å². The second-order valence-corrected chi connectivity index (χ2v) is 6.10. The van der Waals surface area contributed by atoms with Gasteiger partial charge in [-0.3, -0.25) is 9.48 Å². The van der Waals surface area contributed by atoms with E-state index in [1.54, 1.807) is 0 Å². The molecule has 0 unspecified atom stereocenters. The molecule has 0 aliphatic heterocycles. The number of nitrogens with zero attached hydrogens (tertiary/aromatic N) is 2. The smallest absolute Gasteiger partial charge is 0.152 e. The molecule has 1 aromatic carbocycles. The van der Waals surface area contributed by atoms with Gasteiger partial charge in [-0.25, -0.2) is 0 Å². The fourth-order valence-electron chi connectivity index (χ4n) is 2.18. The Morgan fingerprint density at radius 1 is 1.30 bits per heavy atom. The first-order valence-corrected chi connectivity index (χ1v) is 7.12. The van der Waals surface area contributed by atoms with Gasteiger partial charge in [0.15, 0.2) is 5.78 Å². The van der Waals surface area contributed by atoms with Crippen LogP contribution in [0.15, 0.2) is 24.3 Å². The van der Waals surface area contributed by atoms with Crippen molar-refractivity contribution in [3.63, 3.8) is 0 Å². The first-order chi connectivity index (χ1) is 9.40. The number of benzene rings is 1. The summed E-state index contributed by atoms with van der Waals surface area (Å²) in [5.74, 6) is 0.173. The van der Waals surface area contributed by atoms with Gasteiger partial charge in [0.05, 0.1) is 24.2 Å². The van der Waals surface area contributed by atoms with Crippen molar-refractivity contribution in [1.29, 1.82) is 0 Å². The van der Waals surface area contributed by atoms with Gasteiger partial charge in [0.25, 0.3) is 0 Å². The second kappa shape index (κ2) is 5.75. The molecule has 0 bridgehead atoms. The van der Waals surface area contributed by atoms with Gasteiger partial charge in [-0.2, -0.15) is 5.10 Å². The summed E-state index contributed by atoms with van der Waals surface area (Å²) in [6, 6.07) is 8.08. The zero-order chi connectivity index (χ0) is 14.8. The molecular formula is C16H23N3O. The summed E-state index contributed by atoms with van der Waals surface area (Å²) in [4.78, 5) is 12.1. The maximum absolute atomic E-state index is 12.1. The number of aryl methyl sites for hydroxylation is 1. The van der Waals surface area contributed by atoms with Gasteiger partial charge in [0, 0.05) is 17.5 Å². The molecule has 0 radical (unpaired) electrons. The highest BCUT2D eigenvalue weighted by Gasteiger charge is 2.15. The van der Waals surface area contributed by atoms with E-state index in [-0.39, 0.29) is 11.3 Å². The molecule has 0 spiro atoms. The van der Waals surface area contributed by atoms with E-state index in [1.165, 1.54) is 0 Å². The summed E-state index contributed by atoms with van der Waals surface area (Å²) >= 11 is 0. The molecule has 108 valence electrons. The Bertz CT molecular complexity index is 608. The van der Waals surface area contributed by atoms with Crippen LogP contribution in [0.2, 0.25) is 0 Å². The molecule has 20 heavy (non-hydrogen) atoms. The minimum absolute atomic E-state index is 0.0412. The van der Waals surface area contributed by atoms with Crippen molar-refractivity contribution in [3.05, 3.63) is 30.0 Å². The molecule has 4 heteroatoms. The summed E-state index contributed by atoms with van der Waals surface area (Å²) < 4.78 is 1.95. The van der Waals surface area contributed by atoms with Crippen molar-refractivity contribution < 1.29 is 4.79 Å². The van der Waals surface area contributed by atoms with Gasteiger partial charge in [0.1, 0.15) is 0 Å². The van der Waals surface area contributed by atoms with Crippen molar-refractivity contribution >= 4 is 16.7 Å². The lowest BCUT2D eigenvalue weighted by atomic mass is 10.1. The maximum Gasteiger partial charge on any atom is 0.152 e. The van der Waals surface area contributed by atoms with E-state index in [0.29, 0.717) is 13.0 Å². The van der Waals surface area contributed by atoms with Crippen molar-refractivity contribution in [2.24, 2.45) is 0 Å². The molecule has 1 heterocycles. The number of hydrogen-bond acceptors (Lipinski definition) is 3. The normalized spacial score (nSPS) is 12.0. The Balaban J connectivity index is 2.15. The average molecular weight is 273 g/mol. The number of rotatable bonds is 5. The van der Waals surface area contributed by atoms with Crippen LogP contribution in [0.4, 0.5) is 0 Å². The molecule has 0 saturated heterocycles. The summed E-state index contributed by atoms with van der Waals surface area (Å²) in [5.41, 5.74) is 1.94. The van der Waals surface area contributed by atoms with Gasteiger partial charge in [-0.05, 0) is 33.8 Å². The third kappa shape index (κ3) is 3.45. The number of ketones is 1. The van der Waals surface area contributed by atoms with Crippen LogP contribution in [0.25, 0.3) is 10.9 Å². The molecule has 0 amide bonds. The first-order valence-electron chi connectivity index (χ1n) is 7.12. The Morgan fingerprint density at radius 2 is 2.00 bits per heavy atom. The molecule has 0 saturated carbocycles. The third-order valence-electron chi connectivity index (χ3n) is 3.21. The highest BCUT2D eigenvalue weighted by molar-refractivity contribution is 5.89. The molecule has 1 aromatic heterocycles. The predicted molar refractivity (Wildman–Crippen MR) is 81.9 cm³/mol. The van der Waals surface area contributed by atoms with E-state index in [4.69, 9.17) is 0 Å². The minimum atomic E-state index is -0.0412. The SMILES string of the molecule is CCn1nc(CC(=O)CNC(C)(C)C)c2ccccc21. The van der Waals surface area contributed by atoms with E-state index in [0.717, 1.165) is 23.1 Å². The number of para-hydroxylation sites is 1. The fraction of sp³-hybridized carbons (Fsp3) is 0.500. The highest BCUT2D eigenvalue weighted by Crippen LogP contribution is 2.18. The van der Waals surface area contributed by atoms with Gasteiger partial charge in [-0.1, -0.05) is 18.2 Å². The number of hydrogen-bond donors (Lipinski definition) is 1. The molecule has 2 rings (SSSR count). The van der Waals surface area contributed by atoms with Crippen LogP contribution in [0.1, 0.15) is 33.4 Å². The van der Waals surface area contributed by atoms with Gasteiger partial charge >= 0.3 is 0 Å². The Kier molecular flexibility index (Phi) is 4.23. The molecule has 2 aromatic rings. The first kappa shape index (κ1) is 14.7. The second-order valence-electron chi connectivity index (χ2n) is 6.10. The van der Waals surface area contributed by atoms with Crippen molar-refractivity contribution in [3.8, 4) is 0 Å². The molecule has 0 aliphatic rings. The van der Waals surface area contributed by atoms with Crippen LogP contribution < -0.4 is 5.32 Å². The van der Waals surface area contributed by atoms with Crippen LogP contribution in [-0.4, -0.2) is 27.6 Å². The maximum atomic E-state index is 12.1. The average Bonchev–Trinajstić information content (AvgIpc) is 2.74. The lowest BCUT2D eigenvalue weighted by Crippen LogP contribution is -2.39. The van der Waals surface area contributed by atoms with Gasteiger partial charge in [0.2, 0.25) is 0 Å². The lowest BCUT2D eigenvalue weighted by Gasteiger charge is -2.19. The largest absolute Gasteiger partial charge is 0.305 e. The Labute approximate surface area is 120 Å². The summed E-state index contributed by atoms with van der Waals surface area (Å²) in [5, 5.41) is 8.87. The zero-order valence-electron chi connectivity index (χ0n) is 12.7. The number of carbonyl (C=O) groups excluding carboxylic acids is 1. The summed E-state index contributed by atoms with van der Waals surface area (Å²) in [6.07, 6.45) is 0.386. The quantitative estimate of drug-likeness (QED) is 0.910. The molecule has 0 fully saturated rings. The van der Waals surface area contributed by atoms with Crippen LogP contribution in [0.5, 0.6) is 0 Å². The van der Waals surface area contributed by atoms with E-state index in [1.807, 2.05) is 28.9 Å². The third-order valence-corrected chi connectivity index (χ3v) is 3.21. The fourth-order valence-corrected chi connectivity index (χ4v) is 2.18. The summed E-state index contributed by atoms with van der Waals surface area (Å²) in [7, 11) is 0. The molecular weight excluding hydrogens is 250 g/mol. The summed E-state index contributed by atoms with van der Waals surface area (Å²) in [6.45, 7) is 9.43. The van der Waals surface area contributed by atoms with E-state index in [2.05, 4.69) is 38.1 Å². The zero-order valence-corrected chi connectivity index (χ0v) is 12.7. The van der Waals surface area contributed by atoms with Crippen LogP contribution in [0.3, 0.4) is 0 Å². The number of nitrogens with one attached hydrogen (secondary N) is 1. The molecule has 0 atom stereocenters. The van der Waals surface area contributed by atoms with Gasteiger partial charge < -0.3 is 5.32 Å². The number of carbonyl (C=O) groups is 1. The standard InChI is InChI=1S/C16H23N3O/c1-5-19-15-9-7-6-8-13(15)14(18-19)10-12(20)11-17-16(2,3)4/h6-9,17H,5,10-11H2,1-4H3. The predicted octanol–water partition coefficient (Wildman–Crippen LogP) is 2.56. The van der Waals surface area contributed by atoms with Crippen LogP contribution in [0, 0.1) is 0 Å². The molecule has 1 N–H and O–H groups in total. The molecule has 0 aliphatic carbocycles. The highest BCUT2D eigenvalue weighted by atomic mass is 16.1. The van der Waals surface area contributed by atoms with Crippen molar-refractivity contribution in [2.45, 2.75) is 46.2 Å². The van der Waals surface area contributed by atoms with Crippen LogP contribution in [-0.2, 0) is 17.8 Å². The van der Waals surface area contributed by atoms with Crippen LogP contribution >= 0.6 is 0 Å². The minimum Gasteiger partial charge on any atom is -0.305 e. The number of aromatic nitrogens is 2. The number of fused-ring (bicyclic) bond motifs is 1. The van der Waals surface area contributed by atoms with E-state index < -0.39 is 0 Å². The number of Topliss-reactive ketones (excluding diaryl/α,β-unsaturated/α-hetero) is 1. The molecule has 4 nitrogen and oxygen atoms in total. The van der Waals surface area contributed by atoms with Gasteiger partial charge in [-0.15, -0.1) is 0 Å². The monoisotopic (exact) mass is 273 g/mol.